The van der Waals surface area contributed by atoms with Crippen LogP contribution in [0.25, 0.3) is 0 Å². The van der Waals surface area contributed by atoms with Crippen molar-refractivity contribution in [3.05, 3.63) is 47.5 Å². The van der Waals surface area contributed by atoms with Crippen LogP contribution in [-0.2, 0) is 12.8 Å². The zero-order valence-electron chi connectivity index (χ0n) is 17.6. The molecule has 0 aliphatic carbocycles. The molecule has 0 bridgehead atoms. The van der Waals surface area contributed by atoms with Crippen LogP contribution < -0.4 is 19.8 Å². The van der Waals surface area contributed by atoms with E-state index in [9.17, 15) is 0 Å². The third kappa shape index (κ3) is 6.73. The summed E-state index contributed by atoms with van der Waals surface area (Å²) in [4.78, 5) is 0. The van der Waals surface area contributed by atoms with E-state index >= 15 is 0 Å². The smallest absolute Gasteiger partial charge is 0.122 e. The quantitative estimate of drug-likeness (QED) is 0.508. The second-order valence-corrected chi connectivity index (χ2v) is 9.24. The first-order chi connectivity index (χ1) is 13.2. The normalized spacial score (nSPS) is 10.8. The Morgan fingerprint density at radius 1 is 0.630 bits per heavy atom. The molecule has 0 aromatic heterocycles. The van der Waals surface area contributed by atoms with Gasteiger partial charge in [0.15, 0.2) is 0 Å². The lowest BCUT2D eigenvalue weighted by Crippen LogP contribution is -2.28. The Labute approximate surface area is 168 Å². The third-order valence-electron chi connectivity index (χ3n) is 4.62. The summed E-state index contributed by atoms with van der Waals surface area (Å²) in [6.45, 7) is 10.4. The van der Waals surface area contributed by atoms with E-state index in [1.54, 1.807) is 0 Å². The Hall–Kier alpha value is -1.74. The van der Waals surface area contributed by atoms with Crippen molar-refractivity contribution in [1.29, 1.82) is 0 Å². The fourth-order valence-electron chi connectivity index (χ4n) is 3.36. The van der Waals surface area contributed by atoms with Crippen LogP contribution in [0, 0.1) is 0 Å². The molecule has 0 fully saturated rings. The molecule has 0 spiro atoms. The van der Waals surface area contributed by atoms with Crippen LogP contribution in [0.15, 0.2) is 36.4 Å². The molecule has 0 saturated heterocycles. The molecule has 2 aromatic rings. The average Bonchev–Trinajstić information content (AvgIpc) is 2.67. The van der Waals surface area contributed by atoms with E-state index in [0.717, 1.165) is 63.2 Å². The second-order valence-electron chi connectivity index (χ2n) is 7.26. The van der Waals surface area contributed by atoms with Crippen LogP contribution in [0.4, 0.5) is 0 Å². The molecule has 0 radical (unpaired) electrons. The van der Waals surface area contributed by atoms with Gasteiger partial charge in [0.1, 0.15) is 11.5 Å². The summed E-state index contributed by atoms with van der Waals surface area (Å²) in [5, 5.41) is 2.99. The van der Waals surface area contributed by atoms with Gasteiger partial charge in [0.05, 0.1) is 22.7 Å². The molecule has 0 atom stereocenters. The van der Waals surface area contributed by atoms with Gasteiger partial charge in [-0.1, -0.05) is 75.2 Å². The summed E-state index contributed by atoms with van der Waals surface area (Å²) in [5.74, 6) is 2.15. The summed E-state index contributed by atoms with van der Waals surface area (Å²) in [6.07, 6.45) is 6.58. The monoisotopic (exact) mass is 384 g/mol. The molecular weight excluding hydrogens is 348 g/mol. The second kappa shape index (κ2) is 11.9. The molecule has 2 rings (SSSR count). The van der Waals surface area contributed by atoms with Gasteiger partial charge in [-0.25, -0.2) is 0 Å². The zero-order chi connectivity index (χ0) is 19.5. The fourth-order valence-corrected chi connectivity index (χ4v) is 5.00. The standard InChI is InChI=1S/C24H36O2Si/c1-5-9-19-17-21(11-13-23(19)25-15-7-3)27-22-12-14-24(26-16-8-4)20(18-22)10-6-2/h11-14,17-18H,5-10,15-16,27H2,1-4H3. The summed E-state index contributed by atoms with van der Waals surface area (Å²) in [6, 6.07) is 13.7. The summed E-state index contributed by atoms with van der Waals surface area (Å²) >= 11 is 0. The highest BCUT2D eigenvalue weighted by atomic mass is 28.2. The van der Waals surface area contributed by atoms with E-state index < -0.39 is 9.52 Å². The number of aryl methyl sites for hydroxylation is 2. The molecule has 27 heavy (non-hydrogen) atoms. The highest BCUT2D eigenvalue weighted by molar-refractivity contribution is 6.67. The van der Waals surface area contributed by atoms with Crippen LogP contribution in [-0.4, -0.2) is 22.7 Å². The largest absolute Gasteiger partial charge is 0.493 e. The molecular formula is C24H36O2Si. The summed E-state index contributed by atoms with van der Waals surface area (Å²) in [5.41, 5.74) is 2.74. The lowest BCUT2D eigenvalue weighted by Gasteiger charge is -2.14. The average molecular weight is 385 g/mol. The van der Waals surface area contributed by atoms with Crippen molar-refractivity contribution in [2.24, 2.45) is 0 Å². The first-order valence-electron chi connectivity index (χ1n) is 10.7. The predicted octanol–water partition coefficient (Wildman–Crippen LogP) is 4.29. The van der Waals surface area contributed by atoms with Crippen LogP contribution in [0.2, 0.25) is 0 Å². The van der Waals surface area contributed by atoms with Gasteiger partial charge in [-0.15, -0.1) is 0 Å². The Balaban J connectivity index is 2.19. The first kappa shape index (κ1) is 21.6. The molecule has 0 unspecified atom stereocenters. The molecule has 3 heteroatoms. The Morgan fingerprint density at radius 2 is 1.07 bits per heavy atom. The van der Waals surface area contributed by atoms with Gasteiger partial charge in [-0.2, -0.15) is 0 Å². The molecule has 148 valence electrons. The van der Waals surface area contributed by atoms with Crippen molar-refractivity contribution in [3.63, 3.8) is 0 Å². The van der Waals surface area contributed by atoms with Crippen LogP contribution in [0.5, 0.6) is 11.5 Å². The van der Waals surface area contributed by atoms with Gasteiger partial charge in [-0.3, -0.25) is 0 Å². The molecule has 0 amide bonds. The zero-order valence-corrected chi connectivity index (χ0v) is 19.1. The Kier molecular flexibility index (Phi) is 9.47. The number of rotatable bonds is 12. The number of benzene rings is 2. The van der Waals surface area contributed by atoms with Crippen LogP contribution >= 0.6 is 0 Å². The van der Waals surface area contributed by atoms with E-state index in [-0.39, 0.29) is 0 Å². The topological polar surface area (TPSA) is 18.5 Å². The van der Waals surface area contributed by atoms with E-state index in [0.29, 0.717) is 0 Å². The maximum atomic E-state index is 5.95. The van der Waals surface area contributed by atoms with E-state index in [1.165, 1.54) is 21.5 Å². The highest BCUT2D eigenvalue weighted by Gasteiger charge is 2.09. The molecule has 2 aromatic carbocycles. The van der Waals surface area contributed by atoms with Crippen molar-refractivity contribution in [3.8, 4) is 11.5 Å². The Bertz CT molecular complexity index is 637. The third-order valence-corrected chi connectivity index (χ3v) is 6.32. The van der Waals surface area contributed by atoms with Crippen LogP contribution in [0.3, 0.4) is 0 Å². The van der Waals surface area contributed by atoms with Gasteiger partial charge in [0.2, 0.25) is 0 Å². The van der Waals surface area contributed by atoms with E-state index in [4.69, 9.17) is 9.47 Å². The molecule has 0 heterocycles. The minimum atomic E-state index is -0.492. The lowest BCUT2D eigenvalue weighted by molar-refractivity contribution is 0.314. The number of hydrogen-bond donors (Lipinski definition) is 0. The molecule has 0 aliphatic rings. The maximum absolute atomic E-state index is 5.95. The molecule has 0 N–H and O–H groups in total. The highest BCUT2D eigenvalue weighted by Crippen LogP contribution is 2.20. The molecule has 0 aliphatic heterocycles. The van der Waals surface area contributed by atoms with E-state index in [1.807, 2.05) is 0 Å². The van der Waals surface area contributed by atoms with Crippen LogP contribution in [0.1, 0.15) is 64.5 Å². The Morgan fingerprint density at radius 3 is 1.44 bits per heavy atom. The first-order valence-corrected chi connectivity index (χ1v) is 12.1. The number of ether oxygens (including phenoxy) is 2. The maximum Gasteiger partial charge on any atom is 0.122 e. The summed E-state index contributed by atoms with van der Waals surface area (Å²) < 4.78 is 11.9. The van der Waals surface area contributed by atoms with Gasteiger partial charge in [0.25, 0.3) is 0 Å². The minimum absolute atomic E-state index is 0.492. The van der Waals surface area contributed by atoms with Crippen molar-refractivity contribution < 1.29 is 9.47 Å². The van der Waals surface area contributed by atoms with Crippen molar-refractivity contribution in [2.45, 2.75) is 66.2 Å². The van der Waals surface area contributed by atoms with Gasteiger partial charge >= 0.3 is 0 Å². The SMILES string of the molecule is CCCOc1ccc([SiH2]c2ccc(OCCC)c(CCC)c2)cc1CCC. The van der Waals surface area contributed by atoms with Crippen molar-refractivity contribution >= 4 is 19.9 Å². The van der Waals surface area contributed by atoms with Crippen molar-refractivity contribution in [1.82, 2.24) is 0 Å². The van der Waals surface area contributed by atoms with Crippen molar-refractivity contribution in [2.75, 3.05) is 13.2 Å². The molecule has 0 saturated carbocycles. The van der Waals surface area contributed by atoms with Gasteiger partial charge in [0, 0.05) is 0 Å². The lowest BCUT2D eigenvalue weighted by atomic mass is 10.1. The predicted molar refractivity (Wildman–Crippen MR) is 120 cm³/mol. The van der Waals surface area contributed by atoms with Gasteiger partial charge in [-0.05, 0) is 48.9 Å². The number of hydrogen-bond acceptors (Lipinski definition) is 2. The van der Waals surface area contributed by atoms with E-state index in [2.05, 4.69) is 64.1 Å². The fraction of sp³-hybridized carbons (Fsp3) is 0.500. The minimum Gasteiger partial charge on any atom is -0.493 e. The van der Waals surface area contributed by atoms with Gasteiger partial charge < -0.3 is 9.47 Å². The molecule has 2 nitrogen and oxygen atoms in total. The summed E-state index contributed by atoms with van der Waals surface area (Å²) in [7, 11) is -0.492.